The molecule has 0 N–H and O–H groups in total. The van der Waals surface area contributed by atoms with E-state index in [2.05, 4.69) is 52.0 Å². The van der Waals surface area contributed by atoms with Gasteiger partial charge in [0.15, 0.2) is 6.61 Å². The molecule has 0 spiro atoms. The van der Waals surface area contributed by atoms with Gasteiger partial charge in [0.05, 0.1) is 6.61 Å². The normalized spacial score (nSPS) is 10.8. The van der Waals surface area contributed by atoms with Crippen LogP contribution < -0.4 is 4.74 Å². The minimum Gasteiger partial charge on any atom is -0.482 e. The van der Waals surface area contributed by atoms with Gasteiger partial charge in [-0.2, -0.15) is 0 Å². The Morgan fingerprint density at radius 1 is 1.06 bits per heavy atom. The summed E-state index contributed by atoms with van der Waals surface area (Å²) in [6.07, 6.45) is 2.16. The van der Waals surface area contributed by atoms with Crippen molar-refractivity contribution in [3.63, 3.8) is 0 Å². The van der Waals surface area contributed by atoms with Crippen LogP contribution in [0.5, 0.6) is 5.75 Å². The van der Waals surface area contributed by atoms with Crippen LogP contribution in [-0.2, 0) is 9.53 Å². The summed E-state index contributed by atoms with van der Waals surface area (Å²) in [6, 6.07) is 24.1. The van der Waals surface area contributed by atoms with Crippen molar-refractivity contribution in [1.29, 1.82) is 0 Å². The van der Waals surface area contributed by atoms with Gasteiger partial charge in [0.1, 0.15) is 5.75 Å². The average Bonchev–Trinajstić information content (AvgIpc) is 2.82. The van der Waals surface area contributed by atoms with E-state index in [1.165, 1.54) is 0 Å². The Kier molecular flexibility index (Phi) is 9.68. The van der Waals surface area contributed by atoms with Crippen LogP contribution in [0.15, 0.2) is 88.2 Å². The molecule has 0 aliphatic heterocycles. The van der Waals surface area contributed by atoms with Gasteiger partial charge in [-0.3, -0.25) is 0 Å². The van der Waals surface area contributed by atoms with Gasteiger partial charge in [-0.25, -0.2) is 4.79 Å². The summed E-state index contributed by atoms with van der Waals surface area (Å²) >= 11 is 5.22. The van der Waals surface area contributed by atoms with Gasteiger partial charge in [-0.05, 0) is 67.4 Å². The fourth-order valence-electron chi connectivity index (χ4n) is 2.97. The molecule has 0 saturated heterocycles. The molecule has 0 aromatic heterocycles. The summed E-state index contributed by atoms with van der Waals surface area (Å²) in [6.45, 7) is 4.01. The number of esters is 1. The summed E-state index contributed by atoms with van der Waals surface area (Å²) in [5.41, 5.74) is 4.04. The van der Waals surface area contributed by atoms with Crippen LogP contribution in [0.3, 0.4) is 0 Å². The maximum atomic E-state index is 11.5. The molecule has 0 bridgehead atoms. The Morgan fingerprint density at radius 2 is 1.82 bits per heavy atom. The predicted octanol–water partition coefficient (Wildman–Crippen LogP) is 6.93. The summed E-state index contributed by atoms with van der Waals surface area (Å²) in [5.74, 6) is 7.70. The van der Waals surface area contributed by atoms with E-state index >= 15 is 0 Å². The van der Waals surface area contributed by atoms with Gasteiger partial charge < -0.3 is 9.47 Å². The van der Waals surface area contributed by atoms with Crippen molar-refractivity contribution >= 4 is 39.2 Å². The molecule has 0 aliphatic carbocycles. The number of thioether (sulfide) groups is 1. The molecule has 3 rings (SSSR count). The lowest BCUT2D eigenvalue weighted by Gasteiger charge is -2.10. The lowest BCUT2D eigenvalue weighted by molar-refractivity contribution is -0.145. The quantitative estimate of drug-likeness (QED) is 0.183. The summed E-state index contributed by atoms with van der Waals surface area (Å²) in [7, 11) is 0. The minimum absolute atomic E-state index is 0.0828. The molecule has 0 fully saturated rings. The third kappa shape index (κ3) is 8.16. The van der Waals surface area contributed by atoms with E-state index in [1.807, 2.05) is 61.5 Å². The van der Waals surface area contributed by atoms with Gasteiger partial charge in [0, 0.05) is 26.3 Å². The molecular formula is C28H25BrO3S. The Labute approximate surface area is 208 Å². The number of aryl methyl sites for hydroxylation is 1. The summed E-state index contributed by atoms with van der Waals surface area (Å²) < 4.78 is 11.5. The van der Waals surface area contributed by atoms with Gasteiger partial charge in [-0.1, -0.05) is 64.2 Å². The Balaban J connectivity index is 1.70. The Bertz CT molecular complexity index is 1160. The van der Waals surface area contributed by atoms with Crippen LogP contribution in [-0.4, -0.2) is 24.9 Å². The number of carbonyl (C=O) groups is 1. The fourth-order valence-corrected chi connectivity index (χ4v) is 4.10. The van der Waals surface area contributed by atoms with Gasteiger partial charge in [-0.15, -0.1) is 11.8 Å². The van der Waals surface area contributed by atoms with Crippen molar-refractivity contribution in [2.24, 2.45) is 0 Å². The molecule has 33 heavy (non-hydrogen) atoms. The topological polar surface area (TPSA) is 35.5 Å². The zero-order valence-corrected chi connectivity index (χ0v) is 21.0. The molecule has 3 nitrogen and oxygen atoms in total. The minimum atomic E-state index is -0.363. The van der Waals surface area contributed by atoms with Crippen LogP contribution in [0.25, 0.3) is 5.57 Å². The lowest BCUT2D eigenvalue weighted by atomic mass is 10.1. The highest BCUT2D eigenvalue weighted by molar-refractivity contribution is 9.10. The number of halogens is 1. The fraction of sp³-hybridized carbons (Fsp3) is 0.179. The smallest absolute Gasteiger partial charge is 0.344 e. The third-order valence-electron chi connectivity index (χ3n) is 4.61. The number of allylic oxidation sites excluding steroid dienone is 1. The highest BCUT2D eigenvalue weighted by atomic mass is 79.9. The molecular weight excluding hydrogens is 496 g/mol. The standard InChI is InChI=1S/C28H25BrO3S/c1-3-31-28(30)20-32-27-16-15-26(19-21(27)2)33-18-17-24(23-11-13-25(29)14-12-23)10-9-22-7-5-4-6-8-22/h4-8,11-17,19H,3,18,20H2,1-2H3/b24-17+. The number of rotatable bonds is 8. The van der Waals surface area contributed by atoms with Crippen molar-refractivity contribution < 1.29 is 14.3 Å². The van der Waals surface area contributed by atoms with E-state index in [0.717, 1.165) is 37.4 Å². The van der Waals surface area contributed by atoms with Crippen LogP contribution >= 0.6 is 27.7 Å². The first-order valence-corrected chi connectivity index (χ1v) is 12.4. The molecule has 0 atom stereocenters. The predicted molar refractivity (Wildman–Crippen MR) is 139 cm³/mol. The lowest BCUT2D eigenvalue weighted by Crippen LogP contribution is -2.14. The number of benzene rings is 3. The molecule has 0 radical (unpaired) electrons. The van der Waals surface area contributed by atoms with E-state index in [0.29, 0.717) is 12.4 Å². The van der Waals surface area contributed by atoms with Crippen molar-refractivity contribution in [2.45, 2.75) is 18.7 Å². The molecule has 3 aromatic carbocycles. The second kappa shape index (κ2) is 12.9. The maximum Gasteiger partial charge on any atom is 0.344 e. The molecule has 0 aliphatic rings. The van der Waals surface area contributed by atoms with E-state index in [1.54, 1.807) is 18.7 Å². The number of ether oxygens (including phenoxy) is 2. The number of hydrogen-bond acceptors (Lipinski definition) is 4. The summed E-state index contributed by atoms with van der Waals surface area (Å²) in [4.78, 5) is 12.6. The first kappa shape index (κ1) is 24.7. The second-order valence-corrected chi connectivity index (χ2v) is 9.08. The molecule has 168 valence electrons. The first-order chi connectivity index (χ1) is 16.0. The van der Waals surface area contributed by atoms with Crippen LogP contribution in [0.4, 0.5) is 0 Å². The van der Waals surface area contributed by atoms with E-state index < -0.39 is 0 Å². The highest BCUT2D eigenvalue weighted by Crippen LogP contribution is 2.27. The van der Waals surface area contributed by atoms with E-state index in [9.17, 15) is 4.79 Å². The first-order valence-electron chi connectivity index (χ1n) is 10.6. The molecule has 0 unspecified atom stereocenters. The maximum absolute atomic E-state index is 11.5. The average molecular weight is 521 g/mol. The van der Waals surface area contributed by atoms with Gasteiger partial charge >= 0.3 is 5.97 Å². The molecule has 0 heterocycles. The van der Waals surface area contributed by atoms with Gasteiger partial charge in [0.25, 0.3) is 0 Å². The monoisotopic (exact) mass is 520 g/mol. The Morgan fingerprint density at radius 3 is 2.52 bits per heavy atom. The largest absolute Gasteiger partial charge is 0.482 e. The van der Waals surface area contributed by atoms with Crippen LogP contribution in [0.2, 0.25) is 0 Å². The third-order valence-corrected chi connectivity index (χ3v) is 6.05. The molecule has 5 heteroatoms. The SMILES string of the molecule is CCOC(=O)COc1ccc(SC/C=C(\C#Cc2ccccc2)c2ccc(Br)cc2)cc1C. The number of carbonyl (C=O) groups excluding carboxylic acids is 1. The zero-order chi connectivity index (χ0) is 23.5. The second-order valence-electron chi connectivity index (χ2n) is 7.07. The highest BCUT2D eigenvalue weighted by Gasteiger charge is 2.06. The summed E-state index contributed by atoms with van der Waals surface area (Å²) in [5, 5.41) is 0. The van der Waals surface area contributed by atoms with Crippen molar-refractivity contribution in [3.05, 3.63) is 100 Å². The van der Waals surface area contributed by atoms with Crippen molar-refractivity contribution in [3.8, 4) is 17.6 Å². The van der Waals surface area contributed by atoms with E-state index in [4.69, 9.17) is 9.47 Å². The Hall–Kier alpha value is -2.94. The number of hydrogen-bond donors (Lipinski definition) is 0. The van der Waals surface area contributed by atoms with Crippen LogP contribution in [0.1, 0.15) is 23.6 Å². The molecule has 3 aromatic rings. The van der Waals surface area contributed by atoms with Gasteiger partial charge in [0.2, 0.25) is 0 Å². The van der Waals surface area contributed by atoms with Crippen LogP contribution in [0, 0.1) is 18.8 Å². The van der Waals surface area contributed by atoms with Crippen molar-refractivity contribution in [2.75, 3.05) is 19.0 Å². The molecule has 0 saturated carbocycles. The van der Waals surface area contributed by atoms with Crippen molar-refractivity contribution in [1.82, 2.24) is 0 Å². The zero-order valence-electron chi connectivity index (χ0n) is 18.6. The molecule has 0 amide bonds. The van der Waals surface area contributed by atoms with E-state index in [-0.39, 0.29) is 12.6 Å².